The highest BCUT2D eigenvalue weighted by Gasteiger charge is 2.32. The normalized spacial score (nSPS) is 18.0. The Balaban J connectivity index is 1.47. The number of nitrogens with zero attached hydrogens (tertiary/aromatic N) is 5. The first-order chi connectivity index (χ1) is 20.7. The number of para-hydroxylation sites is 2. The molecule has 0 radical (unpaired) electrons. The molecule has 3 heterocycles. The molecule has 0 aliphatic carbocycles. The maximum atomic E-state index is 13.7. The molecule has 1 fully saturated rings. The van der Waals surface area contributed by atoms with Crippen molar-refractivity contribution in [1.29, 1.82) is 5.26 Å². The van der Waals surface area contributed by atoms with Crippen molar-refractivity contribution >= 4 is 32.6 Å². The molecule has 1 saturated heterocycles. The van der Waals surface area contributed by atoms with Crippen molar-refractivity contribution in [2.24, 2.45) is 0 Å². The maximum Gasteiger partial charge on any atom is 0.259 e. The van der Waals surface area contributed by atoms with Gasteiger partial charge in [-0.2, -0.15) is 14.7 Å². The summed E-state index contributed by atoms with van der Waals surface area (Å²) in [5, 5.41) is 15.3. The molecule has 0 bridgehead atoms. The van der Waals surface area contributed by atoms with Crippen LogP contribution in [-0.2, 0) is 14.8 Å². The van der Waals surface area contributed by atoms with Crippen LogP contribution in [-0.4, -0.2) is 57.8 Å². The van der Waals surface area contributed by atoms with Gasteiger partial charge in [0.15, 0.2) is 5.82 Å². The Labute approximate surface area is 248 Å². The van der Waals surface area contributed by atoms with Gasteiger partial charge in [-0.05, 0) is 56.3 Å². The van der Waals surface area contributed by atoms with Crippen LogP contribution in [0.1, 0.15) is 25.2 Å². The molecule has 216 valence electrons. The fraction of sp³-hybridized carbons (Fsp3) is 0.188. The molecule has 2 unspecified atom stereocenters. The standard InChI is InChI=1S/C32H28N6O4S/c1-21-18-37(19-22(2)42-21)43(40,41)27-12-8-9-23(16-27)30-25(20-38(36-30)26-10-4-3-5-11-26)15-24(17-33)31-34-29-14-7-6-13-28(29)32(39)35-31/h3-16,20-22H,18-19H2,1-2H3,(H,34,35,39)/b24-15+. The number of morpholine rings is 1. The lowest BCUT2D eigenvalue weighted by atomic mass is 10.1. The van der Waals surface area contributed by atoms with Gasteiger partial charge in [-0.15, -0.1) is 0 Å². The van der Waals surface area contributed by atoms with Crippen LogP contribution in [0.2, 0.25) is 0 Å². The molecule has 2 atom stereocenters. The minimum absolute atomic E-state index is 0.122. The first kappa shape index (κ1) is 28.2. The van der Waals surface area contributed by atoms with Crippen LogP contribution in [0, 0.1) is 11.3 Å². The van der Waals surface area contributed by atoms with Crippen molar-refractivity contribution in [1.82, 2.24) is 24.1 Å². The van der Waals surface area contributed by atoms with Crippen molar-refractivity contribution in [3.8, 4) is 23.0 Å². The maximum absolute atomic E-state index is 13.7. The third-order valence-electron chi connectivity index (χ3n) is 7.18. The van der Waals surface area contributed by atoms with Gasteiger partial charge in [-0.1, -0.05) is 42.5 Å². The molecule has 0 saturated carbocycles. The Morgan fingerprint density at radius 1 is 1.02 bits per heavy atom. The lowest BCUT2D eigenvalue weighted by Gasteiger charge is -2.34. The third-order valence-corrected chi connectivity index (χ3v) is 9.01. The Hall–Kier alpha value is -4.89. The Bertz CT molecular complexity index is 2050. The number of nitriles is 1. The van der Waals surface area contributed by atoms with E-state index in [-0.39, 0.29) is 47.1 Å². The molecular formula is C32H28N6O4S. The molecule has 1 N–H and O–H groups in total. The topological polar surface area (TPSA) is 134 Å². The molecule has 3 aromatic carbocycles. The van der Waals surface area contributed by atoms with E-state index in [9.17, 15) is 18.5 Å². The van der Waals surface area contributed by atoms with Crippen LogP contribution in [0.4, 0.5) is 0 Å². The number of aromatic nitrogens is 4. The first-order valence-corrected chi connectivity index (χ1v) is 15.2. The van der Waals surface area contributed by atoms with Crippen LogP contribution in [0.5, 0.6) is 0 Å². The average Bonchev–Trinajstić information content (AvgIpc) is 3.44. The molecule has 11 heteroatoms. The number of nitrogens with one attached hydrogen (secondary N) is 1. The summed E-state index contributed by atoms with van der Waals surface area (Å²) < 4.78 is 36.2. The van der Waals surface area contributed by atoms with Crippen molar-refractivity contribution < 1.29 is 13.2 Å². The summed E-state index contributed by atoms with van der Waals surface area (Å²) in [5.74, 6) is 0.122. The monoisotopic (exact) mass is 592 g/mol. The number of benzene rings is 3. The van der Waals surface area contributed by atoms with Gasteiger partial charge in [0.2, 0.25) is 10.0 Å². The third kappa shape index (κ3) is 5.63. The minimum atomic E-state index is -3.81. The number of fused-ring (bicyclic) bond motifs is 1. The molecule has 0 spiro atoms. The van der Waals surface area contributed by atoms with Gasteiger partial charge < -0.3 is 9.72 Å². The zero-order valence-electron chi connectivity index (χ0n) is 23.5. The number of hydrogen-bond acceptors (Lipinski definition) is 7. The molecule has 43 heavy (non-hydrogen) atoms. The second kappa shape index (κ2) is 11.4. The quantitative estimate of drug-likeness (QED) is 0.284. The predicted molar refractivity (Wildman–Crippen MR) is 164 cm³/mol. The summed E-state index contributed by atoms with van der Waals surface area (Å²) >= 11 is 0. The lowest BCUT2D eigenvalue weighted by Crippen LogP contribution is -2.48. The van der Waals surface area contributed by atoms with E-state index >= 15 is 0 Å². The van der Waals surface area contributed by atoms with Gasteiger partial charge in [-0.3, -0.25) is 4.79 Å². The van der Waals surface area contributed by atoms with E-state index in [1.807, 2.05) is 44.2 Å². The van der Waals surface area contributed by atoms with E-state index in [1.165, 1.54) is 4.31 Å². The number of ether oxygens (including phenoxy) is 1. The smallest absolute Gasteiger partial charge is 0.259 e. The highest BCUT2D eigenvalue weighted by atomic mass is 32.2. The first-order valence-electron chi connectivity index (χ1n) is 13.8. The van der Waals surface area contributed by atoms with Gasteiger partial charge in [0, 0.05) is 30.4 Å². The van der Waals surface area contributed by atoms with Crippen LogP contribution >= 0.6 is 0 Å². The summed E-state index contributed by atoms with van der Waals surface area (Å²) in [6, 6.07) is 25.1. The Morgan fingerprint density at radius 2 is 1.74 bits per heavy atom. The number of allylic oxidation sites excluding steroid dienone is 1. The fourth-order valence-corrected chi connectivity index (χ4v) is 6.87. The molecule has 0 amide bonds. The van der Waals surface area contributed by atoms with Crippen LogP contribution < -0.4 is 5.56 Å². The van der Waals surface area contributed by atoms with E-state index in [0.29, 0.717) is 27.7 Å². The largest absolute Gasteiger partial charge is 0.373 e. The predicted octanol–water partition coefficient (Wildman–Crippen LogP) is 4.64. The Kier molecular flexibility index (Phi) is 7.50. The number of H-pyrrole nitrogens is 1. The zero-order chi connectivity index (χ0) is 30.1. The van der Waals surface area contributed by atoms with Crippen LogP contribution in [0.3, 0.4) is 0 Å². The van der Waals surface area contributed by atoms with E-state index in [4.69, 9.17) is 9.84 Å². The highest BCUT2D eigenvalue weighted by molar-refractivity contribution is 7.89. The van der Waals surface area contributed by atoms with Crippen molar-refractivity contribution in [2.45, 2.75) is 31.0 Å². The number of aromatic amines is 1. The van der Waals surface area contributed by atoms with Crippen LogP contribution in [0.15, 0.2) is 94.7 Å². The Morgan fingerprint density at radius 3 is 2.49 bits per heavy atom. The van der Waals surface area contributed by atoms with Gasteiger partial charge >= 0.3 is 0 Å². The number of rotatable bonds is 6. The second-order valence-corrected chi connectivity index (χ2v) is 12.4. The van der Waals surface area contributed by atoms with Crippen molar-refractivity contribution in [3.05, 3.63) is 107 Å². The van der Waals surface area contributed by atoms with Gasteiger partial charge in [0.1, 0.15) is 11.8 Å². The molecule has 2 aromatic heterocycles. The van der Waals surface area contributed by atoms with Crippen LogP contribution in [0.25, 0.3) is 39.5 Å². The summed E-state index contributed by atoms with van der Waals surface area (Å²) in [6.45, 7) is 4.23. The minimum Gasteiger partial charge on any atom is -0.373 e. The summed E-state index contributed by atoms with van der Waals surface area (Å²) in [6.07, 6.45) is 2.91. The fourth-order valence-electron chi connectivity index (χ4n) is 5.23. The molecular weight excluding hydrogens is 564 g/mol. The molecule has 6 rings (SSSR count). The summed E-state index contributed by atoms with van der Waals surface area (Å²) in [5.41, 5.74) is 2.56. The van der Waals surface area contributed by atoms with E-state index < -0.39 is 10.0 Å². The summed E-state index contributed by atoms with van der Waals surface area (Å²) in [4.78, 5) is 20.1. The second-order valence-electron chi connectivity index (χ2n) is 10.4. The van der Waals surface area contributed by atoms with Crippen molar-refractivity contribution in [2.75, 3.05) is 13.1 Å². The summed E-state index contributed by atoms with van der Waals surface area (Å²) in [7, 11) is -3.81. The number of hydrogen-bond donors (Lipinski definition) is 1. The molecule has 5 aromatic rings. The van der Waals surface area contributed by atoms with Gasteiger partial charge in [-0.25, -0.2) is 18.1 Å². The van der Waals surface area contributed by atoms with Crippen molar-refractivity contribution in [3.63, 3.8) is 0 Å². The van der Waals surface area contributed by atoms with E-state index in [2.05, 4.69) is 16.0 Å². The SMILES string of the molecule is CC1CN(S(=O)(=O)c2cccc(-c3nn(-c4ccccc4)cc3/C=C(\C#N)c3nc4ccccc4c(=O)[nH]3)c2)CC(C)O1. The molecule has 1 aliphatic heterocycles. The van der Waals surface area contributed by atoms with Gasteiger partial charge in [0.25, 0.3) is 5.56 Å². The molecule has 10 nitrogen and oxygen atoms in total. The average molecular weight is 593 g/mol. The molecule has 1 aliphatic rings. The highest BCUT2D eigenvalue weighted by Crippen LogP contribution is 2.30. The van der Waals surface area contributed by atoms with E-state index in [0.717, 1.165) is 5.69 Å². The lowest BCUT2D eigenvalue weighted by molar-refractivity contribution is -0.0440. The zero-order valence-corrected chi connectivity index (χ0v) is 24.3. The number of sulfonamides is 1. The van der Waals surface area contributed by atoms with Gasteiger partial charge in [0.05, 0.1) is 39.3 Å². The van der Waals surface area contributed by atoms with E-state index in [1.54, 1.807) is 65.5 Å².